The predicted octanol–water partition coefficient (Wildman–Crippen LogP) is 3.41. The van der Waals surface area contributed by atoms with Crippen molar-refractivity contribution in [2.45, 2.75) is 12.8 Å². The summed E-state index contributed by atoms with van der Waals surface area (Å²) in [6, 6.07) is 13.5. The van der Waals surface area contributed by atoms with Gasteiger partial charge in [-0.15, -0.1) is 0 Å². The first-order valence-corrected chi connectivity index (χ1v) is 9.51. The summed E-state index contributed by atoms with van der Waals surface area (Å²) in [4.78, 5) is 39.1. The maximum atomic E-state index is 12.7. The topological polar surface area (TPSA) is 72.9 Å². The van der Waals surface area contributed by atoms with Crippen LogP contribution in [0.25, 0.3) is 0 Å². The van der Waals surface area contributed by atoms with Gasteiger partial charge < -0.3 is 9.47 Å². The number of allylic oxidation sites excluding steroid dienone is 2. The maximum absolute atomic E-state index is 12.7. The highest BCUT2D eigenvalue weighted by molar-refractivity contribution is 6.22. The summed E-state index contributed by atoms with van der Waals surface area (Å²) in [6.45, 7) is -0.146. The average Bonchev–Trinajstić information content (AvgIpc) is 3.02. The van der Waals surface area contributed by atoms with Gasteiger partial charge in [-0.25, -0.2) is 4.90 Å². The fourth-order valence-corrected chi connectivity index (χ4v) is 3.78. The number of methoxy groups -OCH3 is 1. The monoisotopic (exact) mass is 391 g/mol. The van der Waals surface area contributed by atoms with Crippen molar-refractivity contribution >= 4 is 23.3 Å². The van der Waals surface area contributed by atoms with Gasteiger partial charge in [-0.3, -0.25) is 14.4 Å². The standard InChI is InChI=1S/C23H21NO5/c1-28-17-11-9-15(10-12-17)21(25)14-29-18-6-4-5-16(13-18)24-22(26)19-7-2-3-8-20(19)23(24)27/h2-6,9-13,19-20H,7-8,14H2,1H3/t19-,20-/m1/s1. The van der Waals surface area contributed by atoms with Gasteiger partial charge in [0.05, 0.1) is 24.6 Å². The molecule has 29 heavy (non-hydrogen) atoms. The molecule has 1 aliphatic carbocycles. The summed E-state index contributed by atoms with van der Waals surface area (Å²) in [7, 11) is 1.56. The second-order valence-corrected chi connectivity index (χ2v) is 7.11. The van der Waals surface area contributed by atoms with Gasteiger partial charge >= 0.3 is 0 Å². The number of hydrogen-bond acceptors (Lipinski definition) is 5. The van der Waals surface area contributed by atoms with Gasteiger partial charge in [-0.2, -0.15) is 0 Å². The van der Waals surface area contributed by atoms with E-state index in [1.54, 1.807) is 55.6 Å². The van der Waals surface area contributed by atoms with Crippen LogP contribution in [0.5, 0.6) is 11.5 Å². The van der Waals surface area contributed by atoms with Crippen LogP contribution in [0.1, 0.15) is 23.2 Å². The summed E-state index contributed by atoms with van der Waals surface area (Å²) in [6.07, 6.45) is 5.11. The van der Waals surface area contributed by atoms with Crippen LogP contribution in [-0.2, 0) is 9.59 Å². The number of carbonyl (C=O) groups is 3. The van der Waals surface area contributed by atoms with Crippen LogP contribution in [0.2, 0.25) is 0 Å². The third kappa shape index (κ3) is 3.66. The molecule has 2 aliphatic rings. The number of nitrogens with zero attached hydrogens (tertiary/aromatic N) is 1. The molecule has 1 heterocycles. The van der Waals surface area contributed by atoms with E-state index >= 15 is 0 Å². The number of amides is 2. The van der Waals surface area contributed by atoms with Crippen molar-refractivity contribution in [2.75, 3.05) is 18.6 Å². The number of imide groups is 1. The third-order valence-electron chi connectivity index (χ3n) is 5.37. The lowest BCUT2D eigenvalue weighted by molar-refractivity contribution is -0.122. The number of Topliss-reactive ketones (excluding diaryl/α,β-unsaturated/α-hetero) is 1. The minimum atomic E-state index is -0.284. The van der Waals surface area contributed by atoms with Crippen LogP contribution in [0.4, 0.5) is 5.69 Å². The lowest BCUT2D eigenvalue weighted by atomic mass is 9.85. The van der Waals surface area contributed by atoms with E-state index in [1.807, 2.05) is 12.2 Å². The molecule has 2 atom stereocenters. The maximum Gasteiger partial charge on any atom is 0.238 e. The number of ether oxygens (including phenoxy) is 2. The van der Waals surface area contributed by atoms with Gasteiger partial charge in [0.2, 0.25) is 11.8 Å². The first-order chi connectivity index (χ1) is 14.1. The van der Waals surface area contributed by atoms with Gasteiger partial charge in [0, 0.05) is 11.6 Å². The fraction of sp³-hybridized carbons (Fsp3) is 0.261. The van der Waals surface area contributed by atoms with E-state index in [0.717, 1.165) is 0 Å². The lowest BCUT2D eigenvalue weighted by Crippen LogP contribution is -2.30. The highest BCUT2D eigenvalue weighted by Gasteiger charge is 2.47. The number of benzene rings is 2. The van der Waals surface area contributed by atoms with E-state index in [4.69, 9.17) is 9.47 Å². The van der Waals surface area contributed by atoms with Gasteiger partial charge in [-0.1, -0.05) is 18.2 Å². The molecular weight excluding hydrogens is 370 g/mol. The minimum Gasteiger partial charge on any atom is -0.497 e. The van der Waals surface area contributed by atoms with Crippen LogP contribution >= 0.6 is 0 Å². The normalized spacial score (nSPS) is 20.5. The van der Waals surface area contributed by atoms with E-state index in [0.29, 0.717) is 35.6 Å². The van der Waals surface area contributed by atoms with E-state index in [2.05, 4.69) is 0 Å². The summed E-state index contributed by atoms with van der Waals surface area (Å²) in [5.74, 6) is 0.0152. The Hall–Kier alpha value is -3.41. The smallest absolute Gasteiger partial charge is 0.238 e. The molecule has 0 N–H and O–H groups in total. The van der Waals surface area contributed by atoms with E-state index < -0.39 is 0 Å². The highest BCUT2D eigenvalue weighted by Crippen LogP contribution is 2.38. The summed E-state index contributed by atoms with van der Waals surface area (Å²) in [5.41, 5.74) is 0.993. The van der Waals surface area contributed by atoms with E-state index in [9.17, 15) is 14.4 Å². The van der Waals surface area contributed by atoms with Crippen molar-refractivity contribution in [1.29, 1.82) is 0 Å². The molecule has 6 nitrogen and oxygen atoms in total. The van der Waals surface area contributed by atoms with Gasteiger partial charge in [0.15, 0.2) is 12.4 Å². The number of carbonyl (C=O) groups excluding carboxylic acids is 3. The zero-order valence-corrected chi connectivity index (χ0v) is 16.0. The number of rotatable bonds is 6. The number of anilines is 1. The quantitative estimate of drug-likeness (QED) is 0.429. The predicted molar refractivity (Wildman–Crippen MR) is 107 cm³/mol. The first kappa shape index (κ1) is 18.9. The molecule has 1 saturated heterocycles. The molecule has 0 unspecified atom stereocenters. The van der Waals surface area contributed by atoms with Crippen LogP contribution in [0.3, 0.4) is 0 Å². The van der Waals surface area contributed by atoms with Gasteiger partial charge in [-0.05, 0) is 49.2 Å². The van der Waals surface area contributed by atoms with Crippen LogP contribution in [0.15, 0.2) is 60.7 Å². The van der Waals surface area contributed by atoms with Crippen LogP contribution in [-0.4, -0.2) is 31.3 Å². The minimum absolute atomic E-state index is 0.146. The first-order valence-electron chi connectivity index (χ1n) is 9.51. The second-order valence-electron chi connectivity index (χ2n) is 7.11. The molecule has 2 aromatic rings. The van der Waals surface area contributed by atoms with Crippen molar-refractivity contribution in [3.05, 3.63) is 66.2 Å². The van der Waals surface area contributed by atoms with Gasteiger partial charge in [0.1, 0.15) is 11.5 Å². The molecule has 0 radical (unpaired) electrons. The zero-order valence-electron chi connectivity index (χ0n) is 16.0. The molecule has 1 aliphatic heterocycles. The number of ketones is 1. The third-order valence-corrected chi connectivity index (χ3v) is 5.37. The molecule has 4 rings (SSSR count). The molecule has 1 fully saturated rings. The average molecular weight is 391 g/mol. The molecule has 2 aromatic carbocycles. The largest absolute Gasteiger partial charge is 0.497 e. The summed E-state index contributed by atoms with van der Waals surface area (Å²) < 4.78 is 10.7. The number of hydrogen-bond donors (Lipinski definition) is 0. The van der Waals surface area contributed by atoms with Crippen molar-refractivity contribution in [1.82, 2.24) is 0 Å². The summed E-state index contributed by atoms with van der Waals surface area (Å²) in [5, 5.41) is 0. The zero-order chi connectivity index (χ0) is 20.4. The molecule has 0 spiro atoms. The molecule has 148 valence electrons. The van der Waals surface area contributed by atoms with Crippen molar-refractivity contribution in [3.8, 4) is 11.5 Å². The SMILES string of the molecule is COc1ccc(C(=O)COc2cccc(N3C(=O)[C@@H]4CC=CC[C@H]4C3=O)c2)cc1. The molecule has 0 saturated carbocycles. The molecular formula is C23H21NO5. The molecule has 0 aromatic heterocycles. The second kappa shape index (κ2) is 7.91. The van der Waals surface area contributed by atoms with Crippen LogP contribution in [0, 0.1) is 11.8 Å². The Morgan fingerprint density at radius 3 is 2.24 bits per heavy atom. The van der Waals surface area contributed by atoms with Gasteiger partial charge in [0.25, 0.3) is 0 Å². The molecule has 6 heteroatoms. The van der Waals surface area contributed by atoms with E-state index in [-0.39, 0.29) is 36.0 Å². The Labute approximate surface area is 168 Å². The van der Waals surface area contributed by atoms with E-state index in [1.165, 1.54) is 4.90 Å². The highest BCUT2D eigenvalue weighted by atomic mass is 16.5. The summed E-state index contributed by atoms with van der Waals surface area (Å²) >= 11 is 0. The Bertz CT molecular complexity index is 953. The Balaban J connectivity index is 1.45. The van der Waals surface area contributed by atoms with Crippen molar-refractivity contribution < 1.29 is 23.9 Å². The Morgan fingerprint density at radius 2 is 1.62 bits per heavy atom. The lowest BCUT2D eigenvalue weighted by Gasteiger charge is -2.16. The Morgan fingerprint density at radius 1 is 0.966 bits per heavy atom. The van der Waals surface area contributed by atoms with Crippen LogP contribution < -0.4 is 14.4 Å². The molecule has 0 bridgehead atoms. The van der Waals surface area contributed by atoms with Crippen molar-refractivity contribution in [3.63, 3.8) is 0 Å². The Kier molecular flexibility index (Phi) is 5.16. The van der Waals surface area contributed by atoms with Crippen molar-refractivity contribution in [2.24, 2.45) is 11.8 Å². The molecule has 2 amide bonds. The number of fused-ring (bicyclic) bond motifs is 1. The fourth-order valence-electron chi connectivity index (χ4n) is 3.78.